The molecule has 0 aliphatic carbocycles. The molecule has 0 radical (unpaired) electrons. The van der Waals surface area contributed by atoms with Gasteiger partial charge in [-0.05, 0) is 37.8 Å². The van der Waals surface area contributed by atoms with E-state index in [9.17, 15) is 23.4 Å². The Morgan fingerprint density at radius 3 is 2.84 bits per heavy atom. The standard InChI is InChI=1S/C16H19F3N2O3S/c1-9-13(20-24-14(9)16(17,18)19)11-4-5-12(25-11)15(23)21-6-2-3-10(7-21)8-22/h4-5,10,15,22-23H,2-3,6-8H2,1H3/t10-,15?/m0/s1. The Kier molecular flexibility index (Phi) is 5.19. The molecule has 9 heteroatoms. The number of hydrogen-bond acceptors (Lipinski definition) is 6. The van der Waals surface area contributed by atoms with E-state index in [0.29, 0.717) is 22.8 Å². The Labute approximate surface area is 146 Å². The molecule has 3 heterocycles. The zero-order valence-electron chi connectivity index (χ0n) is 13.6. The molecule has 2 aromatic rings. The fraction of sp³-hybridized carbons (Fsp3) is 0.562. The largest absolute Gasteiger partial charge is 0.452 e. The van der Waals surface area contributed by atoms with E-state index in [1.54, 1.807) is 12.1 Å². The van der Waals surface area contributed by atoms with Crippen LogP contribution in [0, 0.1) is 12.8 Å². The van der Waals surface area contributed by atoms with E-state index in [4.69, 9.17) is 0 Å². The molecule has 138 valence electrons. The summed E-state index contributed by atoms with van der Waals surface area (Å²) >= 11 is 1.19. The maximum atomic E-state index is 12.8. The third kappa shape index (κ3) is 3.74. The first kappa shape index (κ1) is 18.4. The molecule has 0 aromatic carbocycles. The minimum atomic E-state index is -4.58. The number of nitrogens with zero attached hydrogens (tertiary/aromatic N) is 2. The fourth-order valence-corrected chi connectivity index (χ4v) is 4.16. The van der Waals surface area contributed by atoms with Crippen molar-refractivity contribution in [1.82, 2.24) is 10.1 Å². The molecule has 5 nitrogen and oxygen atoms in total. The van der Waals surface area contributed by atoms with Crippen molar-refractivity contribution in [2.24, 2.45) is 5.92 Å². The molecule has 1 fully saturated rings. The van der Waals surface area contributed by atoms with E-state index in [1.165, 1.54) is 18.3 Å². The van der Waals surface area contributed by atoms with Gasteiger partial charge in [0.05, 0.1) is 4.88 Å². The third-order valence-electron chi connectivity index (χ3n) is 4.45. The molecule has 25 heavy (non-hydrogen) atoms. The molecule has 0 amide bonds. The van der Waals surface area contributed by atoms with Crippen LogP contribution in [0.1, 0.15) is 35.3 Å². The van der Waals surface area contributed by atoms with E-state index in [-0.39, 0.29) is 23.8 Å². The SMILES string of the molecule is Cc1c(-c2ccc(C(O)N3CCC[C@H](CO)C3)s2)noc1C(F)(F)F. The number of aliphatic hydroxyl groups is 2. The molecule has 2 aromatic heterocycles. The molecule has 0 saturated carbocycles. The van der Waals surface area contributed by atoms with Crippen molar-refractivity contribution in [1.29, 1.82) is 0 Å². The van der Waals surface area contributed by atoms with Crippen molar-refractivity contribution in [3.05, 3.63) is 28.3 Å². The van der Waals surface area contributed by atoms with E-state index < -0.39 is 18.2 Å². The minimum Gasteiger partial charge on any atom is -0.396 e. The van der Waals surface area contributed by atoms with Gasteiger partial charge in [-0.1, -0.05) is 5.16 Å². The molecule has 0 bridgehead atoms. The highest BCUT2D eigenvalue weighted by Gasteiger charge is 2.39. The normalized spacial score (nSPS) is 20.8. The van der Waals surface area contributed by atoms with Gasteiger partial charge in [0.1, 0.15) is 11.9 Å². The lowest BCUT2D eigenvalue weighted by molar-refractivity contribution is -0.156. The van der Waals surface area contributed by atoms with Gasteiger partial charge < -0.3 is 14.7 Å². The zero-order chi connectivity index (χ0) is 18.2. The van der Waals surface area contributed by atoms with E-state index in [0.717, 1.165) is 12.8 Å². The second-order valence-electron chi connectivity index (χ2n) is 6.24. The van der Waals surface area contributed by atoms with Crippen LogP contribution in [0.4, 0.5) is 13.2 Å². The smallest absolute Gasteiger partial charge is 0.396 e. The Hall–Kier alpha value is -1.42. The summed E-state index contributed by atoms with van der Waals surface area (Å²) in [6, 6.07) is 3.33. The molecule has 2 N–H and O–H groups in total. The lowest BCUT2D eigenvalue weighted by Crippen LogP contribution is -2.39. The quantitative estimate of drug-likeness (QED) is 0.856. The van der Waals surface area contributed by atoms with Crippen LogP contribution in [0.3, 0.4) is 0 Å². The predicted molar refractivity (Wildman–Crippen MR) is 85.9 cm³/mol. The molecule has 3 rings (SSSR count). The van der Waals surface area contributed by atoms with E-state index >= 15 is 0 Å². The second-order valence-corrected chi connectivity index (χ2v) is 7.36. The number of likely N-dealkylation sites (tertiary alicyclic amines) is 1. The number of rotatable bonds is 4. The first-order chi connectivity index (χ1) is 11.8. The van der Waals surface area contributed by atoms with Crippen LogP contribution < -0.4 is 0 Å². The monoisotopic (exact) mass is 376 g/mol. The van der Waals surface area contributed by atoms with Gasteiger partial charge in [0.25, 0.3) is 0 Å². The summed E-state index contributed by atoms with van der Waals surface area (Å²) in [6.07, 6.45) is -3.62. The van der Waals surface area contributed by atoms with Gasteiger partial charge >= 0.3 is 6.18 Å². The highest BCUT2D eigenvalue weighted by Crippen LogP contribution is 2.39. The molecular weight excluding hydrogens is 357 g/mol. The number of hydrogen-bond donors (Lipinski definition) is 2. The zero-order valence-corrected chi connectivity index (χ0v) is 14.4. The molecule has 2 atom stereocenters. The van der Waals surface area contributed by atoms with Gasteiger partial charge in [0.15, 0.2) is 0 Å². The van der Waals surface area contributed by atoms with Gasteiger partial charge in [-0.15, -0.1) is 11.3 Å². The third-order valence-corrected chi connectivity index (χ3v) is 5.58. The first-order valence-corrected chi connectivity index (χ1v) is 8.79. The topological polar surface area (TPSA) is 69.7 Å². The molecule has 1 aliphatic rings. The number of thiophene rings is 1. The summed E-state index contributed by atoms with van der Waals surface area (Å²) in [7, 11) is 0. The molecule has 0 spiro atoms. The molecule has 1 aliphatic heterocycles. The van der Waals surface area contributed by atoms with E-state index in [2.05, 4.69) is 9.68 Å². The summed E-state index contributed by atoms with van der Waals surface area (Å²) in [5.41, 5.74) is 0.0800. The van der Waals surface area contributed by atoms with Crippen molar-refractivity contribution < 1.29 is 27.9 Å². The molecule has 1 saturated heterocycles. The Bertz CT molecular complexity index is 729. The van der Waals surface area contributed by atoms with Crippen LogP contribution in [0.5, 0.6) is 0 Å². The van der Waals surface area contributed by atoms with Gasteiger partial charge in [-0.2, -0.15) is 13.2 Å². The average Bonchev–Trinajstić information content (AvgIpc) is 3.20. The summed E-state index contributed by atoms with van der Waals surface area (Å²) in [6.45, 7) is 2.70. The average molecular weight is 376 g/mol. The van der Waals surface area contributed by atoms with Crippen molar-refractivity contribution >= 4 is 11.3 Å². The summed E-state index contributed by atoms with van der Waals surface area (Å²) in [5, 5.41) is 23.4. The van der Waals surface area contributed by atoms with Crippen LogP contribution in [0.25, 0.3) is 10.6 Å². The fourth-order valence-electron chi connectivity index (χ4n) is 3.10. The Morgan fingerprint density at radius 1 is 1.44 bits per heavy atom. The van der Waals surface area contributed by atoms with Crippen molar-refractivity contribution in [2.75, 3.05) is 19.7 Å². The van der Waals surface area contributed by atoms with Crippen molar-refractivity contribution in [3.63, 3.8) is 0 Å². The van der Waals surface area contributed by atoms with Gasteiger partial charge in [0, 0.05) is 30.1 Å². The Balaban J connectivity index is 1.80. The van der Waals surface area contributed by atoms with Gasteiger partial charge in [-0.25, -0.2) is 0 Å². The number of piperidine rings is 1. The number of aromatic nitrogens is 1. The molecular formula is C16H19F3N2O3S. The first-order valence-electron chi connectivity index (χ1n) is 7.97. The van der Waals surface area contributed by atoms with Crippen LogP contribution in [-0.4, -0.2) is 40.0 Å². The van der Waals surface area contributed by atoms with Crippen molar-refractivity contribution in [2.45, 2.75) is 32.2 Å². The van der Waals surface area contributed by atoms with Crippen LogP contribution >= 0.6 is 11.3 Å². The van der Waals surface area contributed by atoms with E-state index in [1.807, 2.05) is 4.90 Å². The maximum absolute atomic E-state index is 12.8. The second kappa shape index (κ2) is 7.06. The van der Waals surface area contributed by atoms with Crippen LogP contribution in [0.15, 0.2) is 16.7 Å². The van der Waals surface area contributed by atoms with Gasteiger partial charge in [0.2, 0.25) is 5.76 Å². The Morgan fingerprint density at radius 2 is 2.20 bits per heavy atom. The van der Waals surface area contributed by atoms with Crippen molar-refractivity contribution in [3.8, 4) is 10.6 Å². The van der Waals surface area contributed by atoms with Crippen LogP contribution in [0.2, 0.25) is 0 Å². The summed E-state index contributed by atoms with van der Waals surface area (Å²) < 4.78 is 42.9. The van der Waals surface area contributed by atoms with Crippen LogP contribution in [-0.2, 0) is 6.18 Å². The minimum absolute atomic E-state index is 0.0614. The predicted octanol–water partition coefficient (Wildman–Crippen LogP) is 3.43. The molecule has 1 unspecified atom stereocenters. The lowest BCUT2D eigenvalue weighted by atomic mass is 9.99. The maximum Gasteiger partial charge on any atom is 0.452 e. The number of aliphatic hydroxyl groups excluding tert-OH is 2. The lowest BCUT2D eigenvalue weighted by Gasteiger charge is -2.34. The summed E-state index contributed by atoms with van der Waals surface area (Å²) in [4.78, 5) is 3.02. The van der Waals surface area contributed by atoms with Gasteiger partial charge in [-0.3, -0.25) is 4.90 Å². The number of alkyl halides is 3. The summed E-state index contributed by atoms with van der Waals surface area (Å²) in [5.74, 6) is -0.963. The highest BCUT2D eigenvalue weighted by atomic mass is 32.1. The number of halogens is 3. The highest BCUT2D eigenvalue weighted by molar-refractivity contribution is 7.15.